The number of carbonyl (C=O) groups is 2. The highest BCUT2D eigenvalue weighted by molar-refractivity contribution is 5.92. The molecule has 2 N–H and O–H groups in total. The molecular formula is C12H10N4O5. The number of aromatic carboxylic acids is 1. The maximum atomic E-state index is 11.7. The zero-order valence-corrected chi connectivity index (χ0v) is 10.6. The lowest BCUT2D eigenvalue weighted by atomic mass is 10.2. The monoisotopic (exact) mass is 290 g/mol. The number of nitrogens with zero attached hydrogens (tertiary/aromatic N) is 3. The Balaban J connectivity index is 1.97. The van der Waals surface area contributed by atoms with E-state index in [4.69, 9.17) is 5.11 Å². The molecule has 21 heavy (non-hydrogen) atoms. The molecular weight excluding hydrogens is 280 g/mol. The van der Waals surface area contributed by atoms with Gasteiger partial charge < -0.3 is 10.4 Å². The van der Waals surface area contributed by atoms with Gasteiger partial charge in [0.1, 0.15) is 18.9 Å². The summed E-state index contributed by atoms with van der Waals surface area (Å²) in [5, 5.41) is 25.5. The molecule has 0 unspecified atom stereocenters. The van der Waals surface area contributed by atoms with Crippen molar-refractivity contribution in [2.24, 2.45) is 0 Å². The molecule has 108 valence electrons. The molecule has 1 amide bonds. The first-order chi connectivity index (χ1) is 9.95. The van der Waals surface area contributed by atoms with E-state index in [0.29, 0.717) is 5.69 Å². The predicted molar refractivity (Wildman–Crippen MR) is 70.9 cm³/mol. The minimum absolute atomic E-state index is 0.107. The Morgan fingerprint density at radius 2 is 2.00 bits per heavy atom. The van der Waals surface area contributed by atoms with E-state index in [2.05, 4.69) is 10.4 Å². The first-order valence-corrected chi connectivity index (χ1v) is 5.76. The molecule has 0 spiro atoms. The summed E-state index contributed by atoms with van der Waals surface area (Å²) in [6.45, 7) is -0.186. The minimum Gasteiger partial charge on any atom is -0.478 e. The number of carboxylic acid groups (broad SMARTS) is 1. The molecule has 1 heterocycles. The second-order valence-electron chi connectivity index (χ2n) is 4.08. The third-order valence-corrected chi connectivity index (χ3v) is 2.55. The van der Waals surface area contributed by atoms with Crippen LogP contribution >= 0.6 is 0 Å². The Hall–Kier alpha value is -3.23. The van der Waals surface area contributed by atoms with Gasteiger partial charge in [-0.05, 0) is 24.3 Å². The van der Waals surface area contributed by atoms with Gasteiger partial charge in [-0.1, -0.05) is 0 Å². The van der Waals surface area contributed by atoms with Gasteiger partial charge in [0, 0.05) is 5.69 Å². The van der Waals surface area contributed by atoms with Crippen LogP contribution in [0.3, 0.4) is 0 Å². The van der Waals surface area contributed by atoms with Gasteiger partial charge in [-0.2, -0.15) is 5.10 Å². The number of nitro groups is 1. The van der Waals surface area contributed by atoms with Gasteiger partial charge in [-0.25, -0.2) is 4.79 Å². The van der Waals surface area contributed by atoms with Crippen LogP contribution in [0.2, 0.25) is 0 Å². The van der Waals surface area contributed by atoms with E-state index in [1.807, 2.05) is 0 Å². The molecule has 0 aliphatic heterocycles. The fourth-order valence-corrected chi connectivity index (χ4v) is 1.58. The van der Waals surface area contributed by atoms with Crippen LogP contribution in [0.1, 0.15) is 10.4 Å². The number of aromatic nitrogens is 2. The van der Waals surface area contributed by atoms with Crippen molar-refractivity contribution in [3.8, 4) is 0 Å². The summed E-state index contributed by atoms with van der Waals surface area (Å²) < 4.78 is 1.14. The third-order valence-electron chi connectivity index (χ3n) is 2.55. The zero-order chi connectivity index (χ0) is 15.4. The summed E-state index contributed by atoms with van der Waals surface area (Å²) in [4.78, 5) is 32.3. The van der Waals surface area contributed by atoms with Gasteiger partial charge in [-0.3, -0.25) is 19.6 Å². The molecule has 0 atom stereocenters. The quantitative estimate of drug-likeness (QED) is 0.627. The molecule has 0 aliphatic carbocycles. The van der Waals surface area contributed by atoms with Crippen LogP contribution in [0.15, 0.2) is 36.7 Å². The summed E-state index contributed by atoms with van der Waals surface area (Å²) in [5.41, 5.74) is 0.330. The molecule has 0 saturated heterocycles. The number of benzene rings is 1. The maximum absolute atomic E-state index is 11.7. The SMILES string of the molecule is O=C(Cn1cc([N+](=O)[O-])cn1)Nc1ccc(C(=O)O)cc1. The Morgan fingerprint density at radius 3 is 2.52 bits per heavy atom. The fraction of sp³-hybridized carbons (Fsp3) is 0.0833. The van der Waals surface area contributed by atoms with Crippen molar-refractivity contribution >= 4 is 23.3 Å². The summed E-state index contributed by atoms with van der Waals surface area (Å²) in [6.07, 6.45) is 2.20. The maximum Gasteiger partial charge on any atom is 0.335 e. The molecule has 0 radical (unpaired) electrons. The predicted octanol–water partition coefficient (Wildman–Crippen LogP) is 1.13. The van der Waals surface area contributed by atoms with Crippen LogP contribution in [-0.2, 0) is 11.3 Å². The average molecular weight is 290 g/mol. The number of amides is 1. The highest BCUT2D eigenvalue weighted by Crippen LogP contribution is 2.11. The second kappa shape index (κ2) is 5.82. The summed E-state index contributed by atoms with van der Waals surface area (Å²) >= 11 is 0. The topological polar surface area (TPSA) is 127 Å². The van der Waals surface area contributed by atoms with E-state index in [1.165, 1.54) is 24.3 Å². The minimum atomic E-state index is -1.06. The highest BCUT2D eigenvalue weighted by atomic mass is 16.6. The van der Waals surface area contributed by atoms with E-state index in [9.17, 15) is 19.7 Å². The van der Waals surface area contributed by atoms with Crippen LogP contribution in [-0.4, -0.2) is 31.7 Å². The number of hydrogen-bond donors (Lipinski definition) is 2. The number of hydrogen-bond acceptors (Lipinski definition) is 5. The van der Waals surface area contributed by atoms with Gasteiger partial charge in [0.2, 0.25) is 5.91 Å². The molecule has 0 fully saturated rings. The Morgan fingerprint density at radius 1 is 1.33 bits per heavy atom. The lowest BCUT2D eigenvalue weighted by molar-refractivity contribution is -0.385. The Bertz CT molecular complexity index is 692. The lowest BCUT2D eigenvalue weighted by Crippen LogP contribution is -2.19. The first-order valence-electron chi connectivity index (χ1n) is 5.76. The van der Waals surface area contributed by atoms with Crippen molar-refractivity contribution < 1.29 is 19.6 Å². The first kappa shape index (κ1) is 14.2. The van der Waals surface area contributed by atoms with E-state index in [-0.39, 0.29) is 17.8 Å². The van der Waals surface area contributed by atoms with Gasteiger partial charge in [0.25, 0.3) is 0 Å². The Kier molecular flexibility index (Phi) is 3.93. The molecule has 0 saturated carbocycles. The molecule has 2 rings (SSSR count). The summed E-state index contributed by atoms with van der Waals surface area (Å²) in [6, 6.07) is 5.62. The van der Waals surface area contributed by atoms with Crippen molar-refractivity contribution in [1.29, 1.82) is 0 Å². The van der Waals surface area contributed by atoms with Crippen LogP contribution in [0.25, 0.3) is 0 Å². The molecule has 9 nitrogen and oxygen atoms in total. The molecule has 1 aromatic heterocycles. The highest BCUT2D eigenvalue weighted by Gasteiger charge is 2.11. The Labute approximate surface area is 118 Å². The van der Waals surface area contributed by atoms with Crippen molar-refractivity contribution in [3.05, 3.63) is 52.3 Å². The number of nitrogens with one attached hydrogen (secondary N) is 1. The number of anilines is 1. The van der Waals surface area contributed by atoms with Crippen LogP contribution < -0.4 is 5.32 Å². The largest absolute Gasteiger partial charge is 0.478 e. The van der Waals surface area contributed by atoms with Gasteiger partial charge in [-0.15, -0.1) is 0 Å². The molecule has 0 aliphatic rings. The second-order valence-corrected chi connectivity index (χ2v) is 4.08. The van der Waals surface area contributed by atoms with E-state index in [1.54, 1.807) is 0 Å². The van der Waals surface area contributed by atoms with Crippen molar-refractivity contribution in [3.63, 3.8) is 0 Å². The van der Waals surface area contributed by atoms with E-state index < -0.39 is 16.8 Å². The molecule has 2 aromatic rings. The van der Waals surface area contributed by atoms with E-state index in [0.717, 1.165) is 17.1 Å². The number of carbonyl (C=O) groups excluding carboxylic acids is 1. The summed E-state index contributed by atoms with van der Waals surface area (Å²) in [5.74, 6) is -1.49. The van der Waals surface area contributed by atoms with Gasteiger partial charge in [0.15, 0.2) is 0 Å². The van der Waals surface area contributed by atoms with Crippen molar-refractivity contribution in [2.45, 2.75) is 6.54 Å². The van der Waals surface area contributed by atoms with E-state index >= 15 is 0 Å². The summed E-state index contributed by atoms with van der Waals surface area (Å²) in [7, 11) is 0. The zero-order valence-electron chi connectivity index (χ0n) is 10.6. The number of carboxylic acids is 1. The molecule has 0 bridgehead atoms. The van der Waals surface area contributed by atoms with Crippen LogP contribution in [0.4, 0.5) is 11.4 Å². The van der Waals surface area contributed by atoms with Crippen LogP contribution in [0.5, 0.6) is 0 Å². The van der Waals surface area contributed by atoms with Gasteiger partial charge in [0.05, 0.1) is 10.5 Å². The molecule has 1 aromatic carbocycles. The fourth-order valence-electron chi connectivity index (χ4n) is 1.58. The normalized spacial score (nSPS) is 10.1. The third kappa shape index (κ3) is 3.62. The average Bonchev–Trinajstić information content (AvgIpc) is 2.87. The number of rotatable bonds is 5. The molecule has 9 heteroatoms. The van der Waals surface area contributed by atoms with Crippen LogP contribution in [0, 0.1) is 10.1 Å². The van der Waals surface area contributed by atoms with Gasteiger partial charge >= 0.3 is 11.7 Å². The van der Waals surface area contributed by atoms with Crippen molar-refractivity contribution in [2.75, 3.05) is 5.32 Å². The lowest BCUT2D eigenvalue weighted by Gasteiger charge is -2.05. The standard InChI is InChI=1S/C12H10N4O5/c17-11(7-15-6-10(5-13-15)16(20)21)14-9-3-1-8(2-4-9)12(18)19/h1-6H,7H2,(H,14,17)(H,18,19). The van der Waals surface area contributed by atoms with Crippen molar-refractivity contribution in [1.82, 2.24) is 9.78 Å². The smallest absolute Gasteiger partial charge is 0.335 e.